The van der Waals surface area contributed by atoms with E-state index in [9.17, 15) is 14.4 Å². The van der Waals surface area contributed by atoms with Gasteiger partial charge in [0, 0.05) is 10.7 Å². The van der Waals surface area contributed by atoms with Crippen molar-refractivity contribution in [1.82, 2.24) is 5.32 Å². The van der Waals surface area contributed by atoms with Gasteiger partial charge in [0.05, 0.1) is 6.42 Å². The van der Waals surface area contributed by atoms with Gasteiger partial charge in [-0.05, 0) is 18.2 Å². The summed E-state index contributed by atoms with van der Waals surface area (Å²) in [5.41, 5.74) is 5.28. The van der Waals surface area contributed by atoms with Crippen molar-refractivity contribution in [2.24, 2.45) is 5.73 Å². The van der Waals surface area contributed by atoms with Crippen LogP contribution in [0.1, 0.15) is 6.42 Å². The van der Waals surface area contributed by atoms with Crippen LogP contribution in [0.2, 0.25) is 5.02 Å². The summed E-state index contributed by atoms with van der Waals surface area (Å²) in [5.74, 6) is -2.17. The van der Waals surface area contributed by atoms with Crippen LogP contribution in [-0.2, 0) is 9.59 Å². The fourth-order valence-electron chi connectivity index (χ4n) is 1.29. The van der Waals surface area contributed by atoms with E-state index in [0.717, 1.165) is 0 Å². The number of carbonyl (C=O) groups excluding carboxylic acids is 2. The molecule has 0 unspecified atom stereocenters. The number of rotatable bonds is 5. The normalized spacial score (nSPS) is 11.4. The fraction of sp³-hybridized carbons (Fsp3) is 0.182. The second kappa shape index (κ2) is 6.60. The minimum atomic E-state index is -1.38. The van der Waals surface area contributed by atoms with Gasteiger partial charge in [-0.3, -0.25) is 4.79 Å². The minimum Gasteiger partial charge on any atom is -0.480 e. The molecule has 1 atom stereocenters. The second-order valence-electron chi connectivity index (χ2n) is 3.67. The van der Waals surface area contributed by atoms with Gasteiger partial charge < -0.3 is 21.5 Å². The Morgan fingerprint density at radius 1 is 1.37 bits per heavy atom. The molecule has 0 spiro atoms. The van der Waals surface area contributed by atoms with Crippen LogP contribution in [0.15, 0.2) is 24.3 Å². The Labute approximate surface area is 113 Å². The molecule has 0 fully saturated rings. The quantitative estimate of drug-likeness (QED) is 0.639. The molecule has 5 N–H and O–H groups in total. The summed E-state index contributed by atoms with van der Waals surface area (Å²) in [6.07, 6.45) is -0.488. The van der Waals surface area contributed by atoms with E-state index in [0.29, 0.717) is 10.7 Å². The van der Waals surface area contributed by atoms with E-state index in [1.807, 2.05) is 0 Å². The molecule has 0 heterocycles. The molecule has 0 aliphatic rings. The van der Waals surface area contributed by atoms with Crippen LogP contribution >= 0.6 is 11.6 Å². The van der Waals surface area contributed by atoms with Gasteiger partial charge in [0.1, 0.15) is 6.04 Å². The van der Waals surface area contributed by atoms with Crippen molar-refractivity contribution in [2.45, 2.75) is 12.5 Å². The van der Waals surface area contributed by atoms with Gasteiger partial charge in [0.15, 0.2) is 0 Å². The predicted octanol–water partition coefficient (Wildman–Crippen LogP) is 0.790. The third kappa shape index (κ3) is 5.26. The van der Waals surface area contributed by atoms with Crippen molar-refractivity contribution in [1.29, 1.82) is 0 Å². The molecule has 1 aromatic carbocycles. The number of urea groups is 1. The summed E-state index contributed by atoms with van der Waals surface area (Å²) >= 11 is 5.73. The molecule has 0 aliphatic carbocycles. The van der Waals surface area contributed by atoms with E-state index in [4.69, 9.17) is 22.4 Å². The van der Waals surface area contributed by atoms with E-state index in [1.165, 1.54) is 6.07 Å². The smallest absolute Gasteiger partial charge is 0.326 e. The van der Waals surface area contributed by atoms with Crippen LogP contribution in [0.5, 0.6) is 0 Å². The number of primary amides is 1. The van der Waals surface area contributed by atoms with Crippen molar-refractivity contribution in [3.05, 3.63) is 29.3 Å². The van der Waals surface area contributed by atoms with Crippen molar-refractivity contribution >= 4 is 35.2 Å². The first-order valence-electron chi connectivity index (χ1n) is 5.22. The number of hydrogen-bond donors (Lipinski definition) is 4. The van der Waals surface area contributed by atoms with Crippen molar-refractivity contribution < 1.29 is 19.5 Å². The molecule has 19 heavy (non-hydrogen) atoms. The first-order chi connectivity index (χ1) is 8.88. The predicted molar refractivity (Wildman–Crippen MR) is 68.8 cm³/mol. The summed E-state index contributed by atoms with van der Waals surface area (Å²) in [5, 5.41) is 13.7. The summed E-state index contributed by atoms with van der Waals surface area (Å²) < 4.78 is 0. The fourth-order valence-corrected chi connectivity index (χ4v) is 1.48. The lowest BCUT2D eigenvalue weighted by atomic mass is 10.2. The van der Waals surface area contributed by atoms with Gasteiger partial charge in [0.25, 0.3) is 0 Å². The van der Waals surface area contributed by atoms with Crippen LogP contribution in [0.25, 0.3) is 0 Å². The van der Waals surface area contributed by atoms with E-state index in [2.05, 4.69) is 10.6 Å². The number of benzene rings is 1. The zero-order chi connectivity index (χ0) is 14.4. The lowest BCUT2D eigenvalue weighted by Gasteiger charge is -2.13. The number of carbonyl (C=O) groups is 3. The highest BCUT2D eigenvalue weighted by atomic mass is 35.5. The van der Waals surface area contributed by atoms with Crippen LogP contribution < -0.4 is 16.4 Å². The molecule has 7 nitrogen and oxygen atoms in total. The molecule has 1 aromatic rings. The number of carboxylic acid groups (broad SMARTS) is 1. The molecule has 0 aliphatic heterocycles. The van der Waals surface area contributed by atoms with Gasteiger partial charge in [-0.25, -0.2) is 9.59 Å². The molecular weight excluding hydrogens is 274 g/mol. The number of hydrogen-bond acceptors (Lipinski definition) is 3. The SMILES string of the molecule is NC(=O)C[C@@H](NC(=O)Nc1cccc(Cl)c1)C(=O)O. The van der Waals surface area contributed by atoms with Crippen molar-refractivity contribution in [3.63, 3.8) is 0 Å². The number of anilines is 1. The number of carboxylic acids is 1. The molecule has 0 radical (unpaired) electrons. The molecule has 8 heteroatoms. The summed E-state index contributed by atoms with van der Waals surface area (Å²) in [6.45, 7) is 0. The van der Waals surface area contributed by atoms with Gasteiger partial charge in [0.2, 0.25) is 5.91 Å². The van der Waals surface area contributed by atoms with E-state index in [1.54, 1.807) is 18.2 Å². The van der Waals surface area contributed by atoms with E-state index >= 15 is 0 Å². The van der Waals surface area contributed by atoms with Crippen LogP contribution in [0.3, 0.4) is 0 Å². The lowest BCUT2D eigenvalue weighted by Crippen LogP contribution is -2.45. The number of aliphatic carboxylic acids is 1. The molecule has 0 saturated carbocycles. The van der Waals surface area contributed by atoms with Gasteiger partial charge >= 0.3 is 12.0 Å². The third-order valence-corrected chi connectivity index (χ3v) is 2.33. The van der Waals surface area contributed by atoms with Gasteiger partial charge in [-0.2, -0.15) is 0 Å². The highest BCUT2D eigenvalue weighted by Crippen LogP contribution is 2.14. The maximum Gasteiger partial charge on any atom is 0.326 e. The maximum atomic E-state index is 11.5. The monoisotopic (exact) mass is 285 g/mol. The number of nitrogens with one attached hydrogen (secondary N) is 2. The highest BCUT2D eigenvalue weighted by Gasteiger charge is 2.22. The molecule has 0 saturated heterocycles. The Kier molecular flexibility index (Phi) is 5.13. The van der Waals surface area contributed by atoms with E-state index < -0.39 is 30.4 Å². The van der Waals surface area contributed by atoms with E-state index in [-0.39, 0.29) is 0 Å². The number of amides is 3. The second-order valence-corrected chi connectivity index (χ2v) is 4.11. The molecule has 0 aromatic heterocycles. The van der Waals surface area contributed by atoms with Crippen LogP contribution in [-0.4, -0.2) is 29.1 Å². The van der Waals surface area contributed by atoms with Crippen molar-refractivity contribution in [3.8, 4) is 0 Å². The highest BCUT2D eigenvalue weighted by molar-refractivity contribution is 6.30. The maximum absolute atomic E-state index is 11.5. The van der Waals surface area contributed by atoms with Crippen LogP contribution in [0, 0.1) is 0 Å². The van der Waals surface area contributed by atoms with Crippen LogP contribution in [0.4, 0.5) is 10.5 Å². The lowest BCUT2D eigenvalue weighted by molar-refractivity contribution is -0.140. The standard InChI is InChI=1S/C11H12ClN3O4/c12-6-2-1-3-7(4-6)14-11(19)15-8(10(17)18)5-9(13)16/h1-4,8H,5H2,(H2,13,16)(H,17,18)(H2,14,15,19)/t8-/m1/s1. The molecular formula is C11H12ClN3O4. The topological polar surface area (TPSA) is 122 Å². The molecule has 1 rings (SSSR count). The Morgan fingerprint density at radius 3 is 2.58 bits per heavy atom. The Bertz CT molecular complexity index is 506. The number of halogens is 1. The van der Waals surface area contributed by atoms with Gasteiger partial charge in [-0.1, -0.05) is 17.7 Å². The molecule has 3 amide bonds. The Balaban J connectivity index is 2.62. The molecule has 0 bridgehead atoms. The van der Waals surface area contributed by atoms with Crippen molar-refractivity contribution in [2.75, 3.05) is 5.32 Å². The number of nitrogens with two attached hydrogens (primary N) is 1. The van der Waals surface area contributed by atoms with Gasteiger partial charge in [-0.15, -0.1) is 0 Å². The first-order valence-corrected chi connectivity index (χ1v) is 5.60. The average molecular weight is 286 g/mol. The third-order valence-electron chi connectivity index (χ3n) is 2.09. The first kappa shape index (κ1) is 14.8. The zero-order valence-electron chi connectivity index (χ0n) is 9.72. The summed E-state index contributed by atoms with van der Waals surface area (Å²) in [4.78, 5) is 33.0. The zero-order valence-corrected chi connectivity index (χ0v) is 10.5. The minimum absolute atomic E-state index is 0.396. The average Bonchev–Trinajstić information content (AvgIpc) is 2.27. The molecule has 102 valence electrons. The Morgan fingerprint density at radius 2 is 2.05 bits per heavy atom. The largest absolute Gasteiger partial charge is 0.480 e. The summed E-state index contributed by atoms with van der Waals surface area (Å²) in [7, 11) is 0. The summed E-state index contributed by atoms with van der Waals surface area (Å²) in [6, 6.07) is 4.17. The Hall–Kier alpha value is -2.28.